The highest BCUT2D eigenvalue weighted by molar-refractivity contribution is 14.0. The molecule has 1 aromatic carbocycles. The Balaban J connectivity index is 0.00000225. The number of guanidine groups is 1. The van der Waals surface area contributed by atoms with Crippen molar-refractivity contribution in [2.45, 2.75) is 38.6 Å². The highest BCUT2D eigenvalue weighted by Gasteiger charge is 2.22. The number of para-hydroxylation sites is 1. The molecule has 1 atom stereocenters. The summed E-state index contributed by atoms with van der Waals surface area (Å²) in [5, 5.41) is 4.57. The van der Waals surface area contributed by atoms with Gasteiger partial charge in [-0.2, -0.15) is 0 Å². The van der Waals surface area contributed by atoms with Gasteiger partial charge in [0.05, 0.1) is 6.54 Å². The topological polar surface area (TPSA) is 69.4 Å². The summed E-state index contributed by atoms with van der Waals surface area (Å²) in [6.45, 7) is 6.20. The Bertz CT molecular complexity index is 681. The van der Waals surface area contributed by atoms with Gasteiger partial charge in [0, 0.05) is 29.7 Å². The lowest BCUT2D eigenvalue weighted by molar-refractivity contribution is 0.273. The minimum absolute atomic E-state index is 0. The summed E-state index contributed by atoms with van der Waals surface area (Å²) in [5.74, 6) is 0.580. The molecular weight excluding hydrogens is 425 g/mol. The summed E-state index contributed by atoms with van der Waals surface area (Å²) in [6.07, 6.45) is 6.72. The molecule has 1 aliphatic rings. The van der Waals surface area contributed by atoms with E-state index in [0.717, 1.165) is 32.5 Å². The number of aromatic amines is 1. The third-order valence-corrected chi connectivity index (χ3v) is 4.98. The predicted octanol–water partition coefficient (Wildman–Crippen LogP) is 3.11. The summed E-state index contributed by atoms with van der Waals surface area (Å²) >= 11 is 0. The minimum Gasteiger partial charge on any atom is -0.370 e. The van der Waals surface area contributed by atoms with Gasteiger partial charge < -0.3 is 16.0 Å². The number of nitrogens with zero attached hydrogens (tertiary/aromatic N) is 2. The van der Waals surface area contributed by atoms with Gasteiger partial charge >= 0.3 is 0 Å². The van der Waals surface area contributed by atoms with Crippen molar-refractivity contribution in [1.82, 2.24) is 15.2 Å². The summed E-state index contributed by atoms with van der Waals surface area (Å²) in [7, 11) is 0. The van der Waals surface area contributed by atoms with Crippen molar-refractivity contribution in [3.63, 3.8) is 0 Å². The van der Waals surface area contributed by atoms with Gasteiger partial charge in [-0.3, -0.25) is 9.89 Å². The summed E-state index contributed by atoms with van der Waals surface area (Å²) in [6, 6.07) is 9.01. The zero-order chi connectivity index (χ0) is 16.8. The summed E-state index contributed by atoms with van der Waals surface area (Å²) < 4.78 is 0. The van der Waals surface area contributed by atoms with Crippen LogP contribution in [0.5, 0.6) is 0 Å². The number of aliphatic imine (C=N–C) groups is 1. The van der Waals surface area contributed by atoms with Crippen LogP contribution < -0.4 is 11.1 Å². The monoisotopic (exact) mass is 455 g/mol. The van der Waals surface area contributed by atoms with Gasteiger partial charge in [0.25, 0.3) is 0 Å². The number of H-pyrrole nitrogens is 1. The fraction of sp³-hybridized carbons (Fsp3) is 0.526. The number of fused-ring (bicyclic) bond motifs is 1. The quantitative estimate of drug-likeness (QED) is 0.260. The second-order valence-electron chi connectivity index (χ2n) is 6.54. The first-order valence-electron chi connectivity index (χ1n) is 9.10. The Kier molecular flexibility index (Phi) is 8.02. The number of hydrogen-bond acceptors (Lipinski definition) is 2. The molecule has 0 aliphatic carbocycles. The van der Waals surface area contributed by atoms with Gasteiger partial charge in [0.15, 0.2) is 5.96 Å². The lowest BCUT2D eigenvalue weighted by Gasteiger charge is -2.20. The van der Waals surface area contributed by atoms with Gasteiger partial charge in [-0.25, -0.2) is 0 Å². The summed E-state index contributed by atoms with van der Waals surface area (Å²) in [4.78, 5) is 10.3. The molecule has 0 bridgehead atoms. The first-order valence-corrected chi connectivity index (χ1v) is 9.10. The molecule has 4 N–H and O–H groups in total. The van der Waals surface area contributed by atoms with E-state index >= 15 is 0 Å². The lowest BCUT2D eigenvalue weighted by Crippen LogP contribution is -2.36. The van der Waals surface area contributed by atoms with E-state index in [1.165, 1.54) is 35.9 Å². The first kappa shape index (κ1) is 20.0. The van der Waals surface area contributed by atoms with E-state index in [1.54, 1.807) is 0 Å². The normalized spacial score (nSPS) is 18.4. The highest BCUT2D eigenvalue weighted by atomic mass is 127. The average Bonchev–Trinajstić information content (AvgIpc) is 3.23. The molecule has 5 nitrogen and oxygen atoms in total. The molecular formula is C19H30IN5. The maximum Gasteiger partial charge on any atom is 0.188 e. The van der Waals surface area contributed by atoms with Crippen molar-refractivity contribution >= 4 is 40.8 Å². The van der Waals surface area contributed by atoms with Crippen LogP contribution in [0, 0.1) is 0 Å². The van der Waals surface area contributed by atoms with Crippen molar-refractivity contribution in [2.75, 3.05) is 26.2 Å². The average molecular weight is 455 g/mol. The van der Waals surface area contributed by atoms with E-state index in [2.05, 4.69) is 57.6 Å². The maximum absolute atomic E-state index is 6.00. The van der Waals surface area contributed by atoms with E-state index in [4.69, 9.17) is 5.73 Å². The fourth-order valence-electron chi connectivity index (χ4n) is 3.61. The van der Waals surface area contributed by atoms with E-state index in [9.17, 15) is 0 Å². The van der Waals surface area contributed by atoms with Crippen molar-refractivity contribution in [3.8, 4) is 0 Å². The molecule has 0 spiro atoms. The molecule has 138 valence electrons. The van der Waals surface area contributed by atoms with Crippen LogP contribution in [-0.4, -0.2) is 48.1 Å². The van der Waals surface area contributed by atoms with Crippen LogP contribution in [0.15, 0.2) is 35.5 Å². The molecule has 1 unspecified atom stereocenters. The van der Waals surface area contributed by atoms with Crippen LogP contribution in [0.2, 0.25) is 0 Å². The van der Waals surface area contributed by atoms with Gasteiger partial charge in [0.2, 0.25) is 0 Å². The number of nitrogens with two attached hydrogens (primary N) is 1. The molecule has 1 fully saturated rings. The van der Waals surface area contributed by atoms with Crippen LogP contribution in [-0.2, 0) is 6.42 Å². The van der Waals surface area contributed by atoms with Crippen LogP contribution in [0.3, 0.4) is 0 Å². The van der Waals surface area contributed by atoms with Crippen LogP contribution >= 0.6 is 24.0 Å². The number of nitrogens with one attached hydrogen (secondary N) is 2. The van der Waals surface area contributed by atoms with Crippen LogP contribution in [0.1, 0.15) is 31.7 Å². The second kappa shape index (κ2) is 10.0. The molecule has 0 saturated carbocycles. The fourth-order valence-corrected chi connectivity index (χ4v) is 3.61. The smallest absolute Gasteiger partial charge is 0.188 e. The van der Waals surface area contributed by atoms with Gasteiger partial charge in [0.1, 0.15) is 0 Å². The standard InChI is InChI=1S/C19H29N5.HI/c1-2-24-12-6-8-16(24)14-23-19(20)21-11-5-7-15-13-22-18-10-4-3-9-17(15)18;/h3-4,9-10,13,16,22H,2,5-8,11-12,14H2,1H3,(H3,20,21,23);1H. The zero-order valence-electron chi connectivity index (χ0n) is 15.0. The van der Waals surface area contributed by atoms with E-state index in [1.807, 2.05) is 0 Å². The first-order chi connectivity index (χ1) is 11.8. The molecule has 0 amide bonds. The third kappa shape index (κ3) is 5.34. The molecule has 1 saturated heterocycles. The molecule has 1 aliphatic heterocycles. The number of halogens is 1. The molecule has 1 aromatic heterocycles. The Hall–Kier alpha value is -1.28. The third-order valence-electron chi connectivity index (χ3n) is 4.98. The van der Waals surface area contributed by atoms with Gasteiger partial charge in [-0.15, -0.1) is 24.0 Å². The van der Waals surface area contributed by atoms with Gasteiger partial charge in [-0.05, 0) is 50.4 Å². The van der Waals surface area contributed by atoms with Crippen molar-refractivity contribution in [1.29, 1.82) is 0 Å². The molecule has 6 heteroatoms. The Morgan fingerprint density at radius 2 is 2.24 bits per heavy atom. The molecule has 3 rings (SSSR count). The number of rotatable bonds is 7. The Labute approximate surface area is 167 Å². The molecule has 0 radical (unpaired) electrons. The lowest BCUT2D eigenvalue weighted by atomic mass is 10.1. The summed E-state index contributed by atoms with van der Waals surface area (Å²) in [5.41, 5.74) is 8.58. The zero-order valence-corrected chi connectivity index (χ0v) is 17.3. The van der Waals surface area contributed by atoms with E-state index < -0.39 is 0 Å². The predicted molar refractivity (Wildman–Crippen MR) is 117 cm³/mol. The number of aromatic nitrogens is 1. The van der Waals surface area contributed by atoms with Crippen molar-refractivity contribution in [3.05, 3.63) is 36.0 Å². The van der Waals surface area contributed by atoms with Crippen LogP contribution in [0.25, 0.3) is 10.9 Å². The van der Waals surface area contributed by atoms with E-state index in [0.29, 0.717) is 12.0 Å². The molecule has 2 heterocycles. The number of hydrogen-bond donors (Lipinski definition) is 3. The molecule has 2 aromatic rings. The number of likely N-dealkylation sites (tertiary alicyclic amines) is 1. The number of likely N-dealkylation sites (N-methyl/N-ethyl adjacent to an activating group) is 1. The second-order valence-corrected chi connectivity index (χ2v) is 6.54. The minimum atomic E-state index is 0. The highest BCUT2D eigenvalue weighted by Crippen LogP contribution is 2.19. The number of aryl methyl sites for hydroxylation is 1. The van der Waals surface area contributed by atoms with Crippen molar-refractivity contribution in [2.24, 2.45) is 10.7 Å². The van der Waals surface area contributed by atoms with E-state index in [-0.39, 0.29) is 24.0 Å². The van der Waals surface area contributed by atoms with Crippen LogP contribution in [0.4, 0.5) is 0 Å². The SMILES string of the molecule is CCN1CCCC1CN=C(N)NCCCc1c[nH]c2ccccc12.I. The molecule has 25 heavy (non-hydrogen) atoms. The van der Waals surface area contributed by atoms with Gasteiger partial charge in [-0.1, -0.05) is 25.1 Å². The number of benzene rings is 1. The Morgan fingerprint density at radius 1 is 1.40 bits per heavy atom. The maximum atomic E-state index is 6.00. The van der Waals surface area contributed by atoms with Crippen molar-refractivity contribution < 1.29 is 0 Å². The Morgan fingerprint density at radius 3 is 3.08 bits per heavy atom. The largest absolute Gasteiger partial charge is 0.370 e.